The lowest BCUT2D eigenvalue weighted by Crippen LogP contribution is -2.56. The van der Waals surface area contributed by atoms with Crippen LogP contribution in [0.15, 0.2) is 6.20 Å². The number of aryl methyl sites for hydroxylation is 1. The monoisotopic (exact) mass is 379 g/mol. The van der Waals surface area contributed by atoms with Gasteiger partial charge in [-0.05, 0) is 54.0 Å². The van der Waals surface area contributed by atoms with Crippen molar-refractivity contribution in [2.24, 2.45) is 0 Å². The van der Waals surface area contributed by atoms with E-state index in [4.69, 9.17) is 5.11 Å². The zero-order chi connectivity index (χ0) is 20.4. The van der Waals surface area contributed by atoms with Gasteiger partial charge in [-0.15, -0.1) is 0 Å². The number of carboxylic acid groups (broad SMARTS) is 1. The lowest BCUT2D eigenvalue weighted by molar-refractivity contribution is -0.139. The molecule has 0 spiro atoms. The largest absolute Gasteiger partial charge is 0.480 e. The van der Waals surface area contributed by atoms with Gasteiger partial charge in [-0.25, -0.2) is 4.79 Å². The van der Waals surface area contributed by atoms with Crippen molar-refractivity contribution in [3.63, 3.8) is 0 Å². The van der Waals surface area contributed by atoms with Crippen molar-refractivity contribution in [1.29, 1.82) is 0 Å². The van der Waals surface area contributed by atoms with E-state index in [1.165, 1.54) is 0 Å². The zero-order valence-corrected chi connectivity index (χ0v) is 17.2. The van der Waals surface area contributed by atoms with E-state index in [0.717, 1.165) is 24.1 Å². The summed E-state index contributed by atoms with van der Waals surface area (Å²) in [6, 6.07) is -0.0317. The van der Waals surface area contributed by atoms with Gasteiger partial charge in [-0.2, -0.15) is 5.10 Å². The Bertz CT molecular complexity index is 673. The highest BCUT2D eigenvalue weighted by Crippen LogP contribution is 2.26. The molecule has 8 nitrogen and oxygen atoms in total. The molecule has 0 aromatic carbocycles. The highest BCUT2D eigenvalue weighted by molar-refractivity contribution is 5.75. The van der Waals surface area contributed by atoms with Gasteiger partial charge >= 0.3 is 12.0 Å². The fourth-order valence-electron chi connectivity index (χ4n) is 3.42. The van der Waals surface area contributed by atoms with E-state index in [1.807, 2.05) is 36.5 Å². The van der Waals surface area contributed by atoms with Crippen LogP contribution in [0.5, 0.6) is 0 Å². The summed E-state index contributed by atoms with van der Waals surface area (Å²) >= 11 is 0. The first-order chi connectivity index (χ1) is 12.5. The van der Waals surface area contributed by atoms with Gasteiger partial charge in [0.25, 0.3) is 0 Å². The van der Waals surface area contributed by atoms with Gasteiger partial charge in [-0.3, -0.25) is 14.4 Å². The third kappa shape index (κ3) is 5.45. The molecule has 1 aliphatic rings. The summed E-state index contributed by atoms with van der Waals surface area (Å²) in [6.45, 7) is 12.9. The Morgan fingerprint density at radius 3 is 2.52 bits per heavy atom. The van der Waals surface area contributed by atoms with E-state index in [1.54, 1.807) is 0 Å². The molecule has 1 heterocycles. The van der Waals surface area contributed by atoms with Crippen molar-refractivity contribution in [1.82, 2.24) is 25.3 Å². The van der Waals surface area contributed by atoms with Crippen LogP contribution < -0.4 is 10.6 Å². The first-order valence-electron chi connectivity index (χ1n) is 9.60. The molecule has 2 rings (SSSR count). The molecule has 1 fully saturated rings. The molecule has 0 aliphatic heterocycles. The van der Waals surface area contributed by atoms with Gasteiger partial charge in [0, 0.05) is 23.8 Å². The van der Waals surface area contributed by atoms with E-state index in [2.05, 4.69) is 36.5 Å². The number of rotatable bonds is 7. The predicted octanol–water partition coefficient (Wildman–Crippen LogP) is 2.24. The summed E-state index contributed by atoms with van der Waals surface area (Å²) < 4.78 is 1.92. The minimum atomic E-state index is -0.814. The smallest absolute Gasteiger partial charge is 0.317 e. The lowest BCUT2D eigenvalue weighted by atomic mass is 9.85. The number of aliphatic carboxylic acids is 1. The third-order valence-electron chi connectivity index (χ3n) is 5.15. The molecule has 1 unspecified atom stereocenters. The van der Waals surface area contributed by atoms with Gasteiger partial charge in [-0.1, -0.05) is 6.92 Å². The Hall–Kier alpha value is -2.09. The Labute approximate surface area is 161 Å². The van der Waals surface area contributed by atoms with Crippen molar-refractivity contribution in [3.05, 3.63) is 17.5 Å². The maximum Gasteiger partial charge on any atom is 0.317 e. The fraction of sp³-hybridized carbons (Fsp3) is 0.737. The van der Waals surface area contributed by atoms with Crippen molar-refractivity contribution in [3.8, 4) is 0 Å². The Morgan fingerprint density at radius 1 is 1.41 bits per heavy atom. The standard InChI is InChI=1S/C19H33N5O3/c1-7-23(11-17(25)26)15-8-14(9-15)21-18(27)20-12(2)16-10-24(19(4,5)6)22-13(16)3/h10,12,14-15H,7-9,11H2,1-6H3,(H,25,26)(H2,20,21,27). The highest BCUT2D eigenvalue weighted by Gasteiger charge is 2.34. The van der Waals surface area contributed by atoms with Gasteiger partial charge in [0.2, 0.25) is 0 Å². The quantitative estimate of drug-likeness (QED) is 0.675. The molecular formula is C19H33N5O3. The summed E-state index contributed by atoms with van der Waals surface area (Å²) in [5.74, 6) is -0.814. The fourth-order valence-corrected chi connectivity index (χ4v) is 3.42. The Kier molecular flexibility index (Phi) is 6.51. The summed E-state index contributed by atoms with van der Waals surface area (Å²) in [5.41, 5.74) is 1.81. The molecule has 2 amide bonds. The normalized spacial score (nSPS) is 20.9. The summed E-state index contributed by atoms with van der Waals surface area (Å²) in [6.07, 6.45) is 3.55. The van der Waals surface area contributed by atoms with Crippen LogP contribution in [-0.4, -0.2) is 57.0 Å². The zero-order valence-electron chi connectivity index (χ0n) is 17.2. The predicted molar refractivity (Wildman–Crippen MR) is 104 cm³/mol. The average molecular weight is 380 g/mol. The minimum Gasteiger partial charge on any atom is -0.480 e. The van der Waals surface area contributed by atoms with Crippen molar-refractivity contribution in [2.45, 2.75) is 78.0 Å². The molecule has 1 saturated carbocycles. The van der Waals surface area contributed by atoms with E-state index in [9.17, 15) is 9.59 Å². The number of carbonyl (C=O) groups excluding carboxylic acids is 1. The number of nitrogens with zero attached hydrogens (tertiary/aromatic N) is 3. The van der Waals surface area contributed by atoms with Crippen LogP contribution in [0.2, 0.25) is 0 Å². The number of hydrogen-bond acceptors (Lipinski definition) is 4. The van der Waals surface area contributed by atoms with E-state index < -0.39 is 5.97 Å². The molecule has 8 heteroatoms. The van der Waals surface area contributed by atoms with Gasteiger partial charge in [0.05, 0.1) is 23.8 Å². The van der Waals surface area contributed by atoms with Crippen LogP contribution in [0.4, 0.5) is 4.79 Å². The molecule has 0 radical (unpaired) electrons. The number of hydrogen-bond donors (Lipinski definition) is 3. The highest BCUT2D eigenvalue weighted by atomic mass is 16.4. The van der Waals surface area contributed by atoms with Gasteiger partial charge in [0.15, 0.2) is 0 Å². The first kappa shape index (κ1) is 21.2. The Morgan fingerprint density at radius 2 is 2.04 bits per heavy atom. The van der Waals surface area contributed by atoms with Crippen LogP contribution in [0, 0.1) is 6.92 Å². The van der Waals surface area contributed by atoms with E-state index in [0.29, 0.717) is 6.54 Å². The number of carbonyl (C=O) groups is 2. The van der Waals surface area contributed by atoms with Gasteiger partial charge < -0.3 is 15.7 Å². The molecule has 3 N–H and O–H groups in total. The lowest BCUT2D eigenvalue weighted by Gasteiger charge is -2.42. The molecule has 1 aromatic rings. The second-order valence-electron chi connectivity index (χ2n) is 8.40. The van der Waals surface area contributed by atoms with Crippen LogP contribution in [0.25, 0.3) is 0 Å². The van der Waals surface area contributed by atoms with Crippen molar-refractivity contribution in [2.75, 3.05) is 13.1 Å². The molecule has 1 aliphatic carbocycles. The summed E-state index contributed by atoms with van der Waals surface area (Å²) in [5, 5.41) is 19.5. The molecule has 152 valence electrons. The number of nitrogens with one attached hydrogen (secondary N) is 2. The Balaban J connectivity index is 1.83. The average Bonchev–Trinajstić information content (AvgIpc) is 2.90. The number of aromatic nitrogens is 2. The van der Waals surface area contributed by atoms with Crippen molar-refractivity contribution < 1.29 is 14.7 Å². The topological polar surface area (TPSA) is 99.5 Å². The maximum atomic E-state index is 12.3. The second kappa shape index (κ2) is 8.29. The van der Waals surface area contributed by atoms with Crippen LogP contribution in [0.3, 0.4) is 0 Å². The number of urea groups is 1. The van der Waals surface area contributed by atoms with Crippen molar-refractivity contribution >= 4 is 12.0 Å². The molecular weight excluding hydrogens is 346 g/mol. The van der Waals surface area contributed by atoms with Gasteiger partial charge in [0.1, 0.15) is 0 Å². The number of likely N-dealkylation sites (N-methyl/N-ethyl adjacent to an activating group) is 1. The second-order valence-corrected chi connectivity index (χ2v) is 8.40. The van der Waals surface area contributed by atoms with Crippen LogP contribution in [-0.2, 0) is 10.3 Å². The third-order valence-corrected chi connectivity index (χ3v) is 5.15. The number of amides is 2. The molecule has 27 heavy (non-hydrogen) atoms. The number of carboxylic acids is 1. The molecule has 1 aromatic heterocycles. The first-order valence-corrected chi connectivity index (χ1v) is 9.60. The molecule has 0 saturated heterocycles. The summed E-state index contributed by atoms with van der Waals surface area (Å²) in [7, 11) is 0. The van der Waals surface area contributed by atoms with E-state index >= 15 is 0 Å². The van der Waals surface area contributed by atoms with Crippen LogP contribution >= 0.6 is 0 Å². The minimum absolute atomic E-state index is 0.0498. The molecule has 1 atom stereocenters. The molecule has 0 bridgehead atoms. The summed E-state index contributed by atoms with van der Waals surface area (Å²) in [4.78, 5) is 25.1. The van der Waals surface area contributed by atoms with E-state index in [-0.39, 0.29) is 36.2 Å². The van der Waals surface area contributed by atoms with Crippen LogP contribution in [0.1, 0.15) is 64.8 Å². The SMILES string of the molecule is CCN(CC(=O)O)C1CC(NC(=O)NC(C)c2cn(C(C)(C)C)nc2C)C1. The maximum absolute atomic E-state index is 12.3.